The minimum Gasteiger partial charge on any atom is -0.493 e. The van der Waals surface area contributed by atoms with Crippen LogP contribution < -0.4 is 19.6 Å². The number of hydrogen-bond acceptors (Lipinski definition) is 7. The zero-order valence-corrected chi connectivity index (χ0v) is 17.3. The van der Waals surface area contributed by atoms with Gasteiger partial charge in [0.25, 0.3) is 0 Å². The van der Waals surface area contributed by atoms with Gasteiger partial charge in [0.15, 0.2) is 11.5 Å². The number of rotatable bonds is 8. The predicted molar refractivity (Wildman–Crippen MR) is 115 cm³/mol. The Hall–Kier alpha value is -3.65. The number of hydrogen-bond donors (Lipinski definition) is 1. The molecule has 0 unspecified atom stereocenters. The van der Waals surface area contributed by atoms with Gasteiger partial charge in [0.05, 0.1) is 26.9 Å². The van der Waals surface area contributed by atoms with Crippen molar-refractivity contribution in [2.45, 2.75) is 6.42 Å². The van der Waals surface area contributed by atoms with Crippen LogP contribution in [-0.2, 0) is 11.2 Å². The van der Waals surface area contributed by atoms with Gasteiger partial charge in [-0.25, -0.2) is 10.2 Å². The molecule has 3 rings (SSSR count). The highest BCUT2D eigenvalue weighted by molar-refractivity contribution is 7.12. The number of thiophene rings is 1. The highest BCUT2D eigenvalue weighted by atomic mass is 32.1. The van der Waals surface area contributed by atoms with Gasteiger partial charge in [0, 0.05) is 0 Å². The molecule has 1 aromatic heterocycles. The molecule has 1 heterocycles. The van der Waals surface area contributed by atoms with Crippen LogP contribution in [0.5, 0.6) is 17.2 Å². The number of hydrazone groups is 1. The lowest BCUT2D eigenvalue weighted by molar-refractivity contribution is -0.120. The SMILES string of the molecule is COc1ccc(CC(=O)N/N=C\c2ccc(OC(=O)c3cccs3)cc2)cc1OC. The van der Waals surface area contributed by atoms with Crippen LogP contribution >= 0.6 is 11.3 Å². The van der Waals surface area contributed by atoms with E-state index in [-0.39, 0.29) is 12.3 Å². The number of ether oxygens (including phenoxy) is 3. The van der Waals surface area contributed by atoms with E-state index in [4.69, 9.17) is 14.2 Å². The number of carbonyl (C=O) groups excluding carboxylic acids is 2. The van der Waals surface area contributed by atoms with Gasteiger partial charge < -0.3 is 14.2 Å². The lowest BCUT2D eigenvalue weighted by Gasteiger charge is -2.09. The topological polar surface area (TPSA) is 86.2 Å². The van der Waals surface area contributed by atoms with E-state index in [0.717, 1.165) is 11.1 Å². The van der Waals surface area contributed by atoms with Crippen LogP contribution in [0.15, 0.2) is 65.1 Å². The molecule has 0 fully saturated rings. The van der Waals surface area contributed by atoms with Gasteiger partial charge in [-0.15, -0.1) is 11.3 Å². The zero-order valence-electron chi connectivity index (χ0n) is 16.5. The minimum absolute atomic E-state index is 0.148. The van der Waals surface area contributed by atoms with Gasteiger partial charge in [-0.2, -0.15) is 5.10 Å². The van der Waals surface area contributed by atoms with E-state index in [9.17, 15) is 9.59 Å². The Bertz CT molecular complexity index is 1030. The summed E-state index contributed by atoms with van der Waals surface area (Å²) in [5.41, 5.74) is 4.01. The fraction of sp³-hybridized carbons (Fsp3) is 0.136. The number of methoxy groups -OCH3 is 2. The molecule has 0 aliphatic carbocycles. The summed E-state index contributed by atoms with van der Waals surface area (Å²) in [6, 6.07) is 15.6. The molecule has 0 spiro atoms. The van der Waals surface area contributed by atoms with E-state index in [0.29, 0.717) is 22.1 Å². The monoisotopic (exact) mass is 424 g/mol. The maximum Gasteiger partial charge on any atom is 0.353 e. The van der Waals surface area contributed by atoms with Gasteiger partial charge >= 0.3 is 5.97 Å². The number of amides is 1. The van der Waals surface area contributed by atoms with Gasteiger partial charge in [-0.05, 0) is 59.0 Å². The first-order chi connectivity index (χ1) is 14.6. The second-order valence-corrected chi connectivity index (χ2v) is 7.04. The number of benzene rings is 2. The molecule has 1 N–H and O–H groups in total. The van der Waals surface area contributed by atoms with Crippen LogP contribution in [0.2, 0.25) is 0 Å². The van der Waals surface area contributed by atoms with Gasteiger partial charge in [0.1, 0.15) is 10.6 Å². The first kappa shape index (κ1) is 21.1. The van der Waals surface area contributed by atoms with Gasteiger partial charge in [-0.1, -0.05) is 12.1 Å². The van der Waals surface area contributed by atoms with Crippen molar-refractivity contribution in [1.29, 1.82) is 0 Å². The summed E-state index contributed by atoms with van der Waals surface area (Å²) in [5.74, 6) is 0.937. The first-order valence-electron chi connectivity index (χ1n) is 8.97. The summed E-state index contributed by atoms with van der Waals surface area (Å²) >= 11 is 1.32. The van der Waals surface area contributed by atoms with E-state index < -0.39 is 5.97 Å². The summed E-state index contributed by atoms with van der Waals surface area (Å²) in [4.78, 5) is 24.6. The normalized spacial score (nSPS) is 10.6. The van der Waals surface area contributed by atoms with Crippen LogP contribution in [0, 0.1) is 0 Å². The molecule has 0 saturated heterocycles. The third-order valence-electron chi connectivity index (χ3n) is 4.03. The molecule has 0 atom stereocenters. The lowest BCUT2D eigenvalue weighted by Crippen LogP contribution is -2.19. The molecule has 8 heteroatoms. The van der Waals surface area contributed by atoms with Crippen molar-refractivity contribution in [3.05, 3.63) is 76.0 Å². The fourth-order valence-electron chi connectivity index (χ4n) is 2.57. The summed E-state index contributed by atoms with van der Waals surface area (Å²) < 4.78 is 15.7. The second-order valence-electron chi connectivity index (χ2n) is 6.10. The number of esters is 1. The molecule has 7 nitrogen and oxygen atoms in total. The average Bonchev–Trinajstić information content (AvgIpc) is 3.30. The lowest BCUT2D eigenvalue weighted by atomic mass is 10.1. The van der Waals surface area contributed by atoms with Crippen molar-refractivity contribution < 1.29 is 23.8 Å². The molecule has 0 aliphatic rings. The molecule has 0 radical (unpaired) electrons. The molecule has 0 bridgehead atoms. The molecule has 154 valence electrons. The third kappa shape index (κ3) is 5.68. The maximum absolute atomic E-state index is 12.1. The zero-order chi connectivity index (χ0) is 21.3. The molecule has 30 heavy (non-hydrogen) atoms. The standard InChI is InChI=1S/C22H20N2O5S/c1-27-18-10-7-16(12-19(18)28-2)13-21(25)24-23-14-15-5-8-17(9-6-15)29-22(26)20-4-3-11-30-20/h3-12,14H,13H2,1-2H3,(H,24,25)/b23-14-. The molecule has 2 aromatic carbocycles. The summed E-state index contributed by atoms with van der Waals surface area (Å²) in [5, 5.41) is 5.77. The quantitative estimate of drug-likeness (QED) is 0.258. The minimum atomic E-state index is -0.395. The van der Waals surface area contributed by atoms with Crippen LogP contribution in [0.3, 0.4) is 0 Å². The van der Waals surface area contributed by atoms with Crippen LogP contribution in [0.1, 0.15) is 20.8 Å². The smallest absolute Gasteiger partial charge is 0.353 e. The Kier molecular flexibility index (Phi) is 7.18. The van der Waals surface area contributed by atoms with E-state index in [2.05, 4.69) is 10.5 Å². The Labute approximate surface area is 177 Å². The molecular weight excluding hydrogens is 404 g/mol. The Morgan fingerprint density at radius 1 is 1.03 bits per heavy atom. The second kappa shape index (κ2) is 10.2. The van der Waals surface area contributed by atoms with Crippen molar-refractivity contribution in [2.75, 3.05) is 14.2 Å². The summed E-state index contributed by atoms with van der Waals surface area (Å²) in [6.07, 6.45) is 1.66. The largest absolute Gasteiger partial charge is 0.493 e. The van der Waals surface area contributed by atoms with E-state index in [1.807, 2.05) is 5.38 Å². The Balaban J connectivity index is 1.51. The third-order valence-corrected chi connectivity index (χ3v) is 4.88. The highest BCUT2D eigenvalue weighted by Gasteiger charge is 2.09. The molecular formula is C22H20N2O5S. The Morgan fingerprint density at radius 2 is 1.80 bits per heavy atom. The van der Waals surface area contributed by atoms with Crippen molar-refractivity contribution in [3.8, 4) is 17.2 Å². The van der Waals surface area contributed by atoms with Crippen LogP contribution in [0.25, 0.3) is 0 Å². The average molecular weight is 424 g/mol. The van der Waals surface area contributed by atoms with Crippen molar-refractivity contribution in [2.24, 2.45) is 5.10 Å². The first-order valence-corrected chi connectivity index (χ1v) is 9.85. The van der Waals surface area contributed by atoms with Gasteiger partial charge in [0.2, 0.25) is 5.91 Å². The number of carbonyl (C=O) groups is 2. The van der Waals surface area contributed by atoms with E-state index in [1.165, 1.54) is 17.6 Å². The fourth-order valence-corrected chi connectivity index (χ4v) is 3.17. The van der Waals surface area contributed by atoms with Crippen molar-refractivity contribution in [3.63, 3.8) is 0 Å². The summed E-state index contributed by atoms with van der Waals surface area (Å²) in [7, 11) is 3.10. The predicted octanol–water partition coefficient (Wildman–Crippen LogP) is 3.68. The van der Waals surface area contributed by atoms with Crippen LogP contribution in [0.4, 0.5) is 0 Å². The van der Waals surface area contributed by atoms with Crippen LogP contribution in [-0.4, -0.2) is 32.3 Å². The maximum atomic E-state index is 12.1. The number of nitrogens with zero attached hydrogens (tertiary/aromatic N) is 1. The number of nitrogens with one attached hydrogen (secondary N) is 1. The van der Waals surface area contributed by atoms with Crippen molar-refractivity contribution in [1.82, 2.24) is 5.43 Å². The van der Waals surface area contributed by atoms with Gasteiger partial charge in [-0.3, -0.25) is 4.79 Å². The van der Waals surface area contributed by atoms with Crippen molar-refractivity contribution >= 4 is 29.4 Å². The molecule has 0 saturated carbocycles. The molecule has 3 aromatic rings. The summed E-state index contributed by atoms with van der Waals surface area (Å²) in [6.45, 7) is 0. The van der Waals surface area contributed by atoms with E-state index >= 15 is 0 Å². The molecule has 0 aliphatic heterocycles. The molecule has 1 amide bonds. The Morgan fingerprint density at radius 3 is 2.47 bits per heavy atom. The highest BCUT2D eigenvalue weighted by Crippen LogP contribution is 2.27. The van der Waals surface area contributed by atoms with E-state index in [1.54, 1.807) is 68.8 Å².